The first-order valence-corrected chi connectivity index (χ1v) is 8.22. The van der Waals surface area contributed by atoms with Crippen LogP contribution in [0.3, 0.4) is 0 Å². The Morgan fingerprint density at radius 3 is 2.80 bits per heavy atom. The standard InChI is InChI=1S/C17H13BrN4O3/c1-21-4-3-9-7-19-8-13(15(9)21)22-16(23)10-5-14(25-2)11(18)6-12(10)20-17(22)24/h3-8H,1-2H3,(H,20,24). The van der Waals surface area contributed by atoms with Crippen molar-refractivity contribution in [3.8, 4) is 11.4 Å². The van der Waals surface area contributed by atoms with Gasteiger partial charge in [0.05, 0.1) is 39.9 Å². The number of halogens is 1. The van der Waals surface area contributed by atoms with Crippen LogP contribution in [0.2, 0.25) is 0 Å². The Bertz CT molecular complexity index is 1250. The summed E-state index contributed by atoms with van der Waals surface area (Å²) in [6.45, 7) is 0. The molecule has 0 bridgehead atoms. The van der Waals surface area contributed by atoms with Crippen molar-refractivity contribution in [3.63, 3.8) is 0 Å². The van der Waals surface area contributed by atoms with Crippen molar-refractivity contribution >= 4 is 37.7 Å². The Balaban J connectivity index is 2.15. The van der Waals surface area contributed by atoms with Gasteiger partial charge in [-0.15, -0.1) is 0 Å². The van der Waals surface area contributed by atoms with E-state index in [0.717, 1.165) is 15.5 Å². The predicted molar refractivity (Wildman–Crippen MR) is 98.7 cm³/mol. The van der Waals surface area contributed by atoms with Gasteiger partial charge in [0, 0.05) is 24.8 Å². The fraction of sp³-hybridized carbons (Fsp3) is 0.118. The van der Waals surface area contributed by atoms with Crippen molar-refractivity contribution in [1.82, 2.24) is 19.1 Å². The fourth-order valence-electron chi connectivity index (χ4n) is 2.99. The third-order valence-corrected chi connectivity index (χ3v) is 4.79. The summed E-state index contributed by atoms with van der Waals surface area (Å²) in [6.07, 6.45) is 5.07. The van der Waals surface area contributed by atoms with Crippen molar-refractivity contribution < 1.29 is 4.74 Å². The molecule has 25 heavy (non-hydrogen) atoms. The van der Waals surface area contributed by atoms with Crippen LogP contribution in [0.25, 0.3) is 27.5 Å². The minimum atomic E-state index is -0.523. The maximum absolute atomic E-state index is 13.0. The summed E-state index contributed by atoms with van der Waals surface area (Å²) in [5.41, 5.74) is 0.669. The first-order chi connectivity index (χ1) is 12.0. The average Bonchev–Trinajstić information content (AvgIpc) is 2.96. The fourth-order valence-corrected chi connectivity index (χ4v) is 3.49. The van der Waals surface area contributed by atoms with Gasteiger partial charge < -0.3 is 14.3 Å². The number of aryl methyl sites for hydroxylation is 1. The van der Waals surface area contributed by atoms with Gasteiger partial charge in [0.1, 0.15) is 5.75 Å². The molecular formula is C17H13BrN4O3. The number of hydrogen-bond acceptors (Lipinski definition) is 4. The number of ether oxygens (including phenoxy) is 1. The summed E-state index contributed by atoms with van der Waals surface area (Å²) >= 11 is 3.36. The van der Waals surface area contributed by atoms with Gasteiger partial charge in [-0.2, -0.15) is 0 Å². The number of aromatic amines is 1. The lowest BCUT2D eigenvalue weighted by Crippen LogP contribution is -2.34. The first kappa shape index (κ1) is 15.6. The molecule has 0 atom stereocenters. The van der Waals surface area contributed by atoms with Crippen LogP contribution >= 0.6 is 15.9 Å². The van der Waals surface area contributed by atoms with E-state index >= 15 is 0 Å². The molecule has 3 heterocycles. The Hall–Kier alpha value is -2.87. The number of pyridine rings is 1. The quantitative estimate of drug-likeness (QED) is 0.559. The molecule has 4 aromatic rings. The van der Waals surface area contributed by atoms with E-state index in [1.54, 1.807) is 18.3 Å². The van der Waals surface area contributed by atoms with E-state index in [-0.39, 0.29) is 0 Å². The molecule has 0 saturated carbocycles. The number of hydrogen-bond donors (Lipinski definition) is 1. The lowest BCUT2D eigenvalue weighted by atomic mass is 10.2. The first-order valence-electron chi connectivity index (χ1n) is 7.43. The maximum atomic E-state index is 13.0. The number of aromatic nitrogens is 4. The van der Waals surface area contributed by atoms with Gasteiger partial charge in [0.2, 0.25) is 0 Å². The van der Waals surface area contributed by atoms with Gasteiger partial charge >= 0.3 is 5.69 Å². The molecule has 0 aliphatic carbocycles. The molecule has 0 aliphatic heterocycles. The Labute approximate surface area is 149 Å². The number of benzene rings is 1. The number of fused-ring (bicyclic) bond motifs is 2. The maximum Gasteiger partial charge on any atom is 0.333 e. The molecule has 0 amide bonds. The third-order valence-electron chi connectivity index (χ3n) is 4.17. The molecule has 0 radical (unpaired) electrons. The lowest BCUT2D eigenvalue weighted by Gasteiger charge is -2.10. The van der Waals surface area contributed by atoms with Crippen molar-refractivity contribution in [2.24, 2.45) is 7.05 Å². The Morgan fingerprint density at radius 1 is 1.24 bits per heavy atom. The molecule has 3 aromatic heterocycles. The van der Waals surface area contributed by atoms with Gasteiger partial charge in [0.15, 0.2) is 0 Å². The normalized spacial score (nSPS) is 11.3. The molecule has 1 N–H and O–H groups in total. The molecule has 7 nitrogen and oxygen atoms in total. The second-order valence-corrected chi connectivity index (χ2v) is 6.48. The molecule has 0 saturated heterocycles. The van der Waals surface area contributed by atoms with Crippen LogP contribution in [0.15, 0.2) is 50.9 Å². The monoisotopic (exact) mass is 400 g/mol. The average molecular weight is 401 g/mol. The van der Waals surface area contributed by atoms with Gasteiger partial charge in [-0.3, -0.25) is 9.78 Å². The van der Waals surface area contributed by atoms with Crippen LogP contribution in [0.1, 0.15) is 0 Å². The van der Waals surface area contributed by atoms with Crippen molar-refractivity contribution in [3.05, 3.63) is 62.1 Å². The summed E-state index contributed by atoms with van der Waals surface area (Å²) in [5, 5.41) is 1.20. The molecule has 8 heteroatoms. The van der Waals surface area contributed by atoms with E-state index < -0.39 is 11.2 Å². The highest BCUT2D eigenvalue weighted by molar-refractivity contribution is 9.10. The van der Waals surface area contributed by atoms with E-state index in [1.165, 1.54) is 13.3 Å². The van der Waals surface area contributed by atoms with Crippen LogP contribution in [0, 0.1) is 0 Å². The SMILES string of the molecule is COc1cc2c(=O)n(-c3cncc4ccn(C)c34)c(=O)[nH]c2cc1Br. The number of rotatable bonds is 2. The summed E-state index contributed by atoms with van der Waals surface area (Å²) in [4.78, 5) is 32.6. The highest BCUT2D eigenvalue weighted by Crippen LogP contribution is 2.28. The third kappa shape index (κ3) is 2.29. The lowest BCUT2D eigenvalue weighted by molar-refractivity contribution is 0.412. The highest BCUT2D eigenvalue weighted by atomic mass is 79.9. The van der Waals surface area contributed by atoms with Crippen LogP contribution in [0.5, 0.6) is 5.75 Å². The number of methoxy groups -OCH3 is 1. The zero-order chi connectivity index (χ0) is 17.7. The van der Waals surface area contributed by atoms with Crippen LogP contribution in [-0.2, 0) is 7.05 Å². The minimum absolute atomic E-state index is 0.353. The summed E-state index contributed by atoms with van der Waals surface area (Å²) in [5.74, 6) is 0.512. The zero-order valence-electron chi connectivity index (χ0n) is 13.4. The zero-order valence-corrected chi connectivity index (χ0v) is 15.0. The summed E-state index contributed by atoms with van der Waals surface area (Å²) in [7, 11) is 3.37. The van der Waals surface area contributed by atoms with Crippen molar-refractivity contribution in [1.29, 1.82) is 0 Å². The Kier molecular flexibility index (Phi) is 3.50. The highest BCUT2D eigenvalue weighted by Gasteiger charge is 2.16. The van der Waals surface area contributed by atoms with E-state index in [2.05, 4.69) is 25.9 Å². The van der Waals surface area contributed by atoms with Crippen LogP contribution in [0.4, 0.5) is 0 Å². The molecule has 0 aliphatic rings. The molecule has 1 aromatic carbocycles. The van der Waals surface area contributed by atoms with Crippen molar-refractivity contribution in [2.75, 3.05) is 7.11 Å². The molecular weight excluding hydrogens is 388 g/mol. The molecule has 0 fully saturated rings. The molecule has 126 valence electrons. The van der Waals surface area contributed by atoms with Gasteiger partial charge in [-0.05, 0) is 34.1 Å². The predicted octanol–water partition coefficient (Wildman–Crippen LogP) is 2.34. The van der Waals surface area contributed by atoms with Gasteiger partial charge in [0.25, 0.3) is 5.56 Å². The number of H-pyrrole nitrogens is 1. The van der Waals surface area contributed by atoms with Crippen molar-refractivity contribution in [2.45, 2.75) is 0 Å². The second kappa shape index (κ2) is 5.59. The van der Waals surface area contributed by atoms with Crippen LogP contribution in [-0.4, -0.2) is 26.2 Å². The smallest absolute Gasteiger partial charge is 0.333 e. The molecule has 0 unspecified atom stereocenters. The topological polar surface area (TPSA) is 81.9 Å². The van der Waals surface area contributed by atoms with E-state index in [9.17, 15) is 9.59 Å². The number of nitrogens with one attached hydrogen (secondary N) is 1. The summed E-state index contributed by atoms with van der Waals surface area (Å²) < 4.78 is 8.87. The largest absolute Gasteiger partial charge is 0.496 e. The van der Waals surface area contributed by atoms with Crippen LogP contribution < -0.4 is 16.0 Å². The van der Waals surface area contributed by atoms with Gasteiger partial charge in [-0.1, -0.05) is 0 Å². The molecule has 4 rings (SSSR count). The van der Waals surface area contributed by atoms with E-state index in [4.69, 9.17) is 4.74 Å². The molecule has 0 spiro atoms. The second-order valence-electron chi connectivity index (χ2n) is 5.63. The van der Waals surface area contributed by atoms with E-state index in [1.807, 2.05) is 23.9 Å². The van der Waals surface area contributed by atoms with Gasteiger partial charge in [-0.25, -0.2) is 9.36 Å². The minimum Gasteiger partial charge on any atom is -0.496 e. The van der Waals surface area contributed by atoms with E-state index in [0.29, 0.717) is 26.8 Å². The number of nitrogens with zero attached hydrogens (tertiary/aromatic N) is 3. The summed E-state index contributed by atoms with van der Waals surface area (Å²) in [6, 6.07) is 5.14. The Morgan fingerprint density at radius 2 is 2.04 bits per heavy atom.